The van der Waals surface area contributed by atoms with Gasteiger partial charge in [-0.1, -0.05) is 11.6 Å². The smallest absolute Gasteiger partial charge is 0.318 e. The maximum absolute atomic E-state index is 12.6. The number of carbonyl (C=O) groups excluding carboxylic acids is 2. The van der Waals surface area contributed by atoms with Crippen molar-refractivity contribution in [3.63, 3.8) is 0 Å². The van der Waals surface area contributed by atoms with Crippen molar-refractivity contribution in [2.45, 2.75) is 39.8 Å². The van der Waals surface area contributed by atoms with Crippen molar-refractivity contribution in [1.29, 1.82) is 0 Å². The molecule has 1 unspecified atom stereocenters. The SMILES string of the molecule is Cc1cc(Cl)ccc1N1CCN(C(=O)NC(C)C)C(C)C1=O. The van der Waals surface area contributed by atoms with E-state index in [4.69, 9.17) is 11.6 Å². The van der Waals surface area contributed by atoms with E-state index in [1.54, 1.807) is 22.8 Å². The molecule has 1 aromatic carbocycles. The molecule has 22 heavy (non-hydrogen) atoms. The average molecular weight is 324 g/mol. The van der Waals surface area contributed by atoms with Gasteiger partial charge in [0.2, 0.25) is 5.91 Å². The molecule has 2 rings (SSSR count). The molecule has 0 aliphatic carbocycles. The first kappa shape index (κ1) is 16.6. The summed E-state index contributed by atoms with van der Waals surface area (Å²) < 4.78 is 0. The third kappa shape index (κ3) is 3.35. The summed E-state index contributed by atoms with van der Waals surface area (Å²) in [5, 5.41) is 3.49. The average Bonchev–Trinajstić information content (AvgIpc) is 2.41. The molecule has 0 spiro atoms. The summed E-state index contributed by atoms with van der Waals surface area (Å²) in [4.78, 5) is 28.1. The Labute approximate surface area is 136 Å². The molecule has 120 valence electrons. The summed E-state index contributed by atoms with van der Waals surface area (Å²) in [7, 11) is 0. The van der Waals surface area contributed by atoms with Gasteiger partial charge in [0.05, 0.1) is 0 Å². The first-order valence-electron chi connectivity index (χ1n) is 7.46. The number of piperazine rings is 1. The number of aryl methyl sites for hydroxylation is 1. The number of urea groups is 1. The zero-order chi connectivity index (χ0) is 16.4. The van der Waals surface area contributed by atoms with E-state index >= 15 is 0 Å². The van der Waals surface area contributed by atoms with Gasteiger partial charge in [-0.15, -0.1) is 0 Å². The number of nitrogens with one attached hydrogen (secondary N) is 1. The molecule has 1 atom stereocenters. The van der Waals surface area contributed by atoms with Crippen molar-refractivity contribution >= 4 is 29.2 Å². The largest absolute Gasteiger partial charge is 0.336 e. The van der Waals surface area contributed by atoms with Crippen molar-refractivity contribution < 1.29 is 9.59 Å². The van der Waals surface area contributed by atoms with Crippen LogP contribution in [0.1, 0.15) is 26.3 Å². The Balaban J connectivity index is 2.17. The van der Waals surface area contributed by atoms with Crippen LogP contribution in [0.15, 0.2) is 18.2 Å². The molecule has 1 saturated heterocycles. The Morgan fingerprint density at radius 1 is 1.36 bits per heavy atom. The van der Waals surface area contributed by atoms with Crippen LogP contribution in [0.4, 0.5) is 10.5 Å². The van der Waals surface area contributed by atoms with E-state index in [1.165, 1.54) is 0 Å². The first-order valence-corrected chi connectivity index (χ1v) is 7.83. The van der Waals surface area contributed by atoms with Crippen LogP contribution in [-0.4, -0.2) is 42.0 Å². The monoisotopic (exact) mass is 323 g/mol. The Hall–Kier alpha value is -1.75. The summed E-state index contributed by atoms with van der Waals surface area (Å²) in [6.07, 6.45) is 0. The van der Waals surface area contributed by atoms with E-state index in [2.05, 4.69) is 5.32 Å². The topological polar surface area (TPSA) is 52.6 Å². The number of nitrogens with zero attached hydrogens (tertiary/aromatic N) is 2. The summed E-state index contributed by atoms with van der Waals surface area (Å²) >= 11 is 5.97. The molecule has 0 aromatic heterocycles. The van der Waals surface area contributed by atoms with Crippen LogP contribution in [0.5, 0.6) is 0 Å². The fourth-order valence-corrected chi connectivity index (χ4v) is 2.87. The number of benzene rings is 1. The molecule has 1 aliphatic rings. The van der Waals surface area contributed by atoms with E-state index in [0.717, 1.165) is 11.3 Å². The third-order valence-electron chi connectivity index (χ3n) is 3.78. The quantitative estimate of drug-likeness (QED) is 0.910. The van der Waals surface area contributed by atoms with Gasteiger partial charge < -0.3 is 15.1 Å². The Kier molecular flexibility index (Phi) is 4.96. The first-order chi connectivity index (χ1) is 10.3. The molecule has 6 heteroatoms. The van der Waals surface area contributed by atoms with Crippen LogP contribution in [0.25, 0.3) is 0 Å². The Bertz CT molecular complexity index is 589. The Morgan fingerprint density at radius 3 is 2.64 bits per heavy atom. The molecule has 1 aliphatic heterocycles. The zero-order valence-electron chi connectivity index (χ0n) is 13.4. The molecule has 1 heterocycles. The number of rotatable bonds is 2. The van der Waals surface area contributed by atoms with Gasteiger partial charge in [-0.2, -0.15) is 0 Å². The summed E-state index contributed by atoms with van der Waals surface area (Å²) in [6.45, 7) is 8.48. The fraction of sp³-hybridized carbons (Fsp3) is 0.500. The van der Waals surface area contributed by atoms with Crippen LogP contribution in [0.2, 0.25) is 5.02 Å². The second-order valence-electron chi connectivity index (χ2n) is 5.89. The minimum Gasteiger partial charge on any atom is -0.336 e. The second kappa shape index (κ2) is 6.57. The minimum absolute atomic E-state index is 0.0475. The van der Waals surface area contributed by atoms with Gasteiger partial charge in [0.1, 0.15) is 6.04 Å². The predicted octanol–water partition coefficient (Wildman–Crippen LogP) is 2.80. The summed E-state index contributed by atoms with van der Waals surface area (Å²) in [5.74, 6) is -0.0735. The van der Waals surface area contributed by atoms with E-state index in [-0.39, 0.29) is 18.0 Å². The number of carbonyl (C=O) groups is 2. The molecule has 1 aromatic rings. The molecular formula is C16H22ClN3O2. The highest BCUT2D eigenvalue weighted by atomic mass is 35.5. The minimum atomic E-state index is -0.484. The molecular weight excluding hydrogens is 302 g/mol. The molecule has 3 amide bonds. The van der Waals surface area contributed by atoms with Crippen LogP contribution < -0.4 is 10.2 Å². The highest BCUT2D eigenvalue weighted by Gasteiger charge is 2.35. The third-order valence-corrected chi connectivity index (χ3v) is 4.01. The molecule has 1 fully saturated rings. The molecule has 1 N–H and O–H groups in total. The van der Waals surface area contributed by atoms with Crippen LogP contribution in [-0.2, 0) is 4.79 Å². The van der Waals surface area contributed by atoms with E-state index in [9.17, 15) is 9.59 Å². The predicted molar refractivity (Wildman–Crippen MR) is 88.4 cm³/mol. The van der Waals surface area contributed by atoms with Crippen LogP contribution in [0, 0.1) is 6.92 Å². The number of amides is 3. The highest BCUT2D eigenvalue weighted by Crippen LogP contribution is 2.26. The fourth-order valence-electron chi connectivity index (χ4n) is 2.64. The lowest BCUT2D eigenvalue weighted by Gasteiger charge is -2.39. The summed E-state index contributed by atoms with van der Waals surface area (Å²) in [5.41, 5.74) is 1.80. The van der Waals surface area contributed by atoms with Crippen LogP contribution in [0.3, 0.4) is 0 Å². The zero-order valence-corrected chi connectivity index (χ0v) is 14.1. The summed E-state index contributed by atoms with van der Waals surface area (Å²) in [6, 6.07) is 4.84. The second-order valence-corrected chi connectivity index (χ2v) is 6.33. The Morgan fingerprint density at radius 2 is 2.05 bits per heavy atom. The van der Waals surface area contributed by atoms with Crippen molar-refractivity contribution in [3.8, 4) is 0 Å². The number of anilines is 1. The van der Waals surface area contributed by atoms with E-state index < -0.39 is 6.04 Å². The normalized spacial score (nSPS) is 18.8. The van der Waals surface area contributed by atoms with Gasteiger partial charge in [-0.25, -0.2) is 4.79 Å². The van der Waals surface area contributed by atoms with Crippen LogP contribution >= 0.6 is 11.6 Å². The molecule has 0 saturated carbocycles. The maximum atomic E-state index is 12.6. The standard InChI is InChI=1S/C16H22ClN3O2/c1-10(2)18-16(22)19-7-8-20(15(21)12(19)4)14-6-5-13(17)9-11(14)3/h5-6,9-10,12H,7-8H2,1-4H3,(H,18,22). The molecule has 0 radical (unpaired) electrons. The number of hydrogen-bond acceptors (Lipinski definition) is 2. The van der Waals surface area contributed by atoms with Crippen molar-refractivity contribution in [2.24, 2.45) is 0 Å². The van der Waals surface area contributed by atoms with E-state index in [1.807, 2.05) is 32.9 Å². The van der Waals surface area contributed by atoms with Gasteiger partial charge in [-0.05, 0) is 51.5 Å². The van der Waals surface area contributed by atoms with Crippen molar-refractivity contribution in [1.82, 2.24) is 10.2 Å². The van der Waals surface area contributed by atoms with E-state index in [0.29, 0.717) is 18.1 Å². The lowest BCUT2D eigenvalue weighted by atomic mass is 10.1. The van der Waals surface area contributed by atoms with Gasteiger partial charge in [0.15, 0.2) is 0 Å². The van der Waals surface area contributed by atoms with Crippen molar-refractivity contribution in [2.75, 3.05) is 18.0 Å². The lowest BCUT2D eigenvalue weighted by molar-refractivity contribution is -0.124. The molecule has 0 bridgehead atoms. The van der Waals surface area contributed by atoms with Gasteiger partial charge in [0.25, 0.3) is 0 Å². The van der Waals surface area contributed by atoms with Gasteiger partial charge in [0, 0.05) is 29.8 Å². The molecule has 5 nitrogen and oxygen atoms in total. The van der Waals surface area contributed by atoms with Gasteiger partial charge in [-0.3, -0.25) is 4.79 Å². The highest BCUT2D eigenvalue weighted by molar-refractivity contribution is 6.30. The number of halogens is 1. The lowest BCUT2D eigenvalue weighted by Crippen LogP contribution is -2.60. The number of hydrogen-bond donors (Lipinski definition) is 1. The van der Waals surface area contributed by atoms with Gasteiger partial charge >= 0.3 is 6.03 Å². The van der Waals surface area contributed by atoms with Crippen molar-refractivity contribution in [3.05, 3.63) is 28.8 Å². The maximum Gasteiger partial charge on any atom is 0.318 e.